The van der Waals surface area contributed by atoms with Crippen LogP contribution in [0.2, 0.25) is 0 Å². The Morgan fingerprint density at radius 1 is 1.09 bits per heavy atom. The third-order valence-electron chi connectivity index (χ3n) is 7.63. The molecule has 236 valence electrons. The number of H-pyrrole nitrogens is 1. The molecule has 2 heterocycles. The molecule has 0 spiro atoms. The Morgan fingerprint density at radius 2 is 1.82 bits per heavy atom. The second kappa shape index (κ2) is 14.3. The number of ether oxygens (including phenoxy) is 2. The van der Waals surface area contributed by atoms with Crippen molar-refractivity contribution in [3.05, 3.63) is 71.9 Å². The van der Waals surface area contributed by atoms with E-state index in [1.807, 2.05) is 31.2 Å². The van der Waals surface area contributed by atoms with E-state index >= 15 is 0 Å². The van der Waals surface area contributed by atoms with Crippen LogP contribution in [0.15, 0.2) is 55.1 Å². The summed E-state index contributed by atoms with van der Waals surface area (Å²) in [6.07, 6.45) is 2.28. The summed E-state index contributed by atoms with van der Waals surface area (Å²) in [5, 5.41) is 12.7. The van der Waals surface area contributed by atoms with Crippen molar-refractivity contribution in [2.24, 2.45) is 0 Å². The first-order valence-electron chi connectivity index (χ1n) is 14.5. The lowest BCUT2D eigenvalue weighted by atomic mass is 10.1. The second-order valence-corrected chi connectivity index (χ2v) is 11.0. The summed E-state index contributed by atoms with van der Waals surface area (Å²) in [7, 11) is 3.21. The van der Waals surface area contributed by atoms with Gasteiger partial charge < -0.3 is 25.0 Å². The van der Waals surface area contributed by atoms with Crippen molar-refractivity contribution in [1.82, 2.24) is 15.1 Å². The van der Waals surface area contributed by atoms with Gasteiger partial charge in [-0.25, -0.2) is 8.78 Å². The van der Waals surface area contributed by atoms with Crippen molar-refractivity contribution < 1.29 is 27.8 Å². The molecule has 12 heteroatoms. The average Bonchev–Trinajstić information content (AvgIpc) is 3.45. The van der Waals surface area contributed by atoms with E-state index in [0.717, 1.165) is 29.9 Å². The summed E-state index contributed by atoms with van der Waals surface area (Å²) in [5.41, 5.74) is 3.25. The van der Waals surface area contributed by atoms with Crippen LogP contribution in [0, 0.1) is 0 Å². The van der Waals surface area contributed by atoms with E-state index in [9.17, 15) is 18.4 Å². The Labute approximate surface area is 256 Å². The number of piperazine rings is 1. The molecule has 44 heavy (non-hydrogen) atoms. The Kier molecular flexibility index (Phi) is 10.6. The van der Waals surface area contributed by atoms with Crippen LogP contribution >= 0.6 is 0 Å². The molecule has 4 rings (SSSR count). The summed E-state index contributed by atoms with van der Waals surface area (Å²) < 4.78 is 37.5. The first-order chi connectivity index (χ1) is 21.0. The molecule has 0 radical (unpaired) electrons. The van der Waals surface area contributed by atoms with E-state index in [0.29, 0.717) is 62.0 Å². The molecule has 2 amide bonds. The van der Waals surface area contributed by atoms with Gasteiger partial charge in [0, 0.05) is 62.2 Å². The standard InChI is InChI=1S/C32H40F2N6O4/c1-6-30(41)35-28-18-24(40-14-13-39(21(2)20-40)12-11-32(3,33)34)9-10-27(28)31(42)36-29-17-23(37-38-29)8-7-22-15-25(43-4)19-26(16-22)44-5/h6,9-10,15-19,21H,1,7-8,11-14,20H2,2-5H3,(H,35,41)(H2,36,37,38,42). The van der Waals surface area contributed by atoms with Crippen LogP contribution in [0.25, 0.3) is 0 Å². The third kappa shape index (κ3) is 8.79. The van der Waals surface area contributed by atoms with E-state index in [-0.39, 0.29) is 18.0 Å². The van der Waals surface area contributed by atoms with Gasteiger partial charge in [-0.2, -0.15) is 5.10 Å². The monoisotopic (exact) mass is 610 g/mol. The van der Waals surface area contributed by atoms with Crippen LogP contribution in [0.1, 0.15) is 41.9 Å². The molecule has 0 bridgehead atoms. The average molecular weight is 611 g/mol. The maximum atomic E-state index is 13.4. The fourth-order valence-corrected chi connectivity index (χ4v) is 5.14. The van der Waals surface area contributed by atoms with Gasteiger partial charge in [-0.1, -0.05) is 6.58 Å². The predicted octanol–water partition coefficient (Wildman–Crippen LogP) is 5.14. The molecule has 0 aliphatic carbocycles. The number of aryl methyl sites for hydroxylation is 2. The molecule has 3 N–H and O–H groups in total. The fourth-order valence-electron chi connectivity index (χ4n) is 5.14. The second-order valence-electron chi connectivity index (χ2n) is 11.0. The molecular formula is C32H40F2N6O4. The largest absolute Gasteiger partial charge is 0.497 e. The molecule has 1 aromatic heterocycles. The maximum absolute atomic E-state index is 13.4. The lowest BCUT2D eigenvalue weighted by molar-refractivity contribution is -0.111. The number of aromatic nitrogens is 2. The predicted molar refractivity (Wildman–Crippen MR) is 167 cm³/mol. The molecule has 10 nitrogen and oxygen atoms in total. The minimum absolute atomic E-state index is 0.0556. The number of aromatic amines is 1. The van der Waals surface area contributed by atoms with Gasteiger partial charge in [0.25, 0.3) is 5.91 Å². The molecule has 1 fully saturated rings. The zero-order valence-corrected chi connectivity index (χ0v) is 25.6. The first kappa shape index (κ1) is 32.5. The molecule has 1 aliphatic rings. The van der Waals surface area contributed by atoms with Crippen molar-refractivity contribution in [2.45, 2.75) is 45.1 Å². The zero-order chi connectivity index (χ0) is 31.9. The lowest BCUT2D eigenvalue weighted by Crippen LogP contribution is -2.52. The maximum Gasteiger partial charge on any atom is 0.258 e. The van der Waals surface area contributed by atoms with Gasteiger partial charge in [-0.3, -0.25) is 19.6 Å². The number of hydrogen-bond acceptors (Lipinski definition) is 7. The summed E-state index contributed by atoms with van der Waals surface area (Å²) in [6.45, 7) is 8.66. The Balaban J connectivity index is 1.43. The number of carbonyl (C=O) groups is 2. The highest BCUT2D eigenvalue weighted by Crippen LogP contribution is 2.28. The normalized spacial score (nSPS) is 15.5. The van der Waals surface area contributed by atoms with E-state index in [2.05, 4.69) is 37.2 Å². The SMILES string of the molecule is C=CC(=O)Nc1cc(N2CCN(CCC(C)(F)F)C(C)C2)ccc1C(=O)Nc1cc(CCc2cc(OC)cc(OC)c2)[nH]n1. The summed E-state index contributed by atoms with van der Waals surface area (Å²) in [4.78, 5) is 29.7. The number of methoxy groups -OCH3 is 2. The highest BCUT2D eigenvalue weighted by atomic mass is 19.3. The van der Waals surface area contributed by atoms with Gasteiger partial charge in [-0.15, -0.1) is 0 Å². The van der Waals surface area contributed by atoms with Gasteiger partial charge in [-0.05, 0) is 68.7 Å². The molecule has 1 unspecified atom stereocenters. The zero-order valence-electron chi connectivity index (χ0n) is 25.6. The van der Waals surface area contributed by atoms with E-state index in [1.54, 1.807) is 32.4 Å². The molecule has 1 atom stereocenters. The molecule has 2 aromatic carbocycles. The number of nitrogens with one attached hydrogen (secondary N) is 3. The van der Waals surface area contributed by atoms with Gasteiger partial charge in [0.1, 0.15) is 11.5 Å². The summed E-state index contributed by atoms with van der Waals surface area (Å²) in [5.74, 6) is -1.83. The molecule has 3 aromatic rings. The van der Waals surface area contributed by atoms with Crippen molar-refractivity contribution in [2.75, 3.05) is 55.9 Å². The number of carbonyl (C=O) groups excluding carboxylic acids is 2. The van der Waals surface area contributed by atoms with Crippen molar-refractivity contribution in [1.29, 1.82) is 0 Å². The third-order valence-corrected chi connectivity index (χ3v) is 7.63. The van der Waals surface area contributed by atoms with Crippen molar-refractivity contribution in [3.63, 3.8) is 0 Å². The van der Waals surface area contributed by atoms with Crippen LogP contribution in [-0.4, -0.2) is 79.3 Å². The highest BCUT2D eigenvalue weighted by molar-refractivity contribution is 6.11. The summed E-state index contributed by atoms with van der Waals surface area (Å²) >= 11 is 0. The summed E-state index contributed by atoms with van der Waals surface area (Å²) in [6, 6.07) is 12.7. The van der Waals surface area contributed by atoms with Crippen molar-refractivity contribution in [3.8, 4) is 11.5 Å². The van der Waals surface area contributed by atoms with Crippen LogP contribution in [0.3, 0.4) is 0 Å². The number of anilines is 3. The minimum Gasteiger partial charge on any atom is -0.497 e. The Hall–Kier alpha value is -4.45. The molecular weight excluding hydrogens is 570 g/mol. The fraction of sp³-hybridized carbons (Fsp3) is 0.406. The molecule has 1 saturated heterocycles. The van der Waals surface area contributed by atoms with Crippen LogP contribution in [-0.2, 0) is 17.6 Å². The first-order valence-corrected chi connectivity index (χ1v) is 14.5. The number of nitrogens with zero attached hydrogens (tertiary/aromatic N) is 3. The lowest BCUT2D eigenvalue weighted by Gasteiger charge is -2.41. The number of benzene rings is 2. The van der Waals surface area contributed by atoms with E-state index in [1.165, 1.54) is 0 Å². The number of rotatable bonds is 13. The van der Waals surface area contributed by atoms with Gasteiger partial charge in [0.2, 0.25) is 11.8 Å². The molecule has 0 saturated carbocycles. The van der Waals surface area contributed by atoms with Gasteiger partial charge in [0.05, 0.1) is 25.5 Å². The van der Waals surface area contributed by atoms with Crippen LogP contribution in [0.4, 0.5) is 26.0 Å². The number of hydrogen-bond donors (Lipinski definition) is 3. The highest BCUT2D eigenvalue weighted by Gasteiger charge is 2.28. The van der Waals surface area contributed by atoms with E-state index in [4.69, 9.17) is 9.47 Å². The van der Waals surface area contributed by atoms with Crippen LogP contribution < -0.4 is 25.0 Å². The Bertz CT molecular complexity index is 1450. The van der Waals surface area contributed by atoms with E-state index < -0.39 is 17.7 Å². The number of amides is 2. The van der Waals surface area contributed by atoms with Gasteiger partial charge in [0.15, 0.2) is 5.82 Å². The number of halogens is 2. The van der Waals surface area contributed by atoms with Crippen LogP contribution in [0.5, 0.6) is 11.5 Å². The molecule has 1 aliphatic heterocycles. The minimum atomic E-state index is -2.70. The quantitative estimate of drug-likeness (QED) is 0.230. The smallest absolute Gasteiger partial charge is 0.258 e. The number of alkyl halides is 2. The topological polar surface area (TPSA) is 112 Å². The van der Waals surface area contributed by atoms with Gasteiger partial charge >= 0.3 is 0 Å². The van der Waals surface area contributed by atoms with Crippen molar-refractivity contribution >= 4 is 29.0 Å². The Morgan fingerprint density at radius 3 is 2.45 bits per heavy atom.